The van der Waals surface area contributed by atoms with Gasteiger partial charge in [-0.25, -0.2) is 0 Å². The van der Waals surface area contributed by atoms with E-state index in [0.29, 0.717) is 22.6 Å². The Hall–Kier alpha value is -0.490. The van der Waals surface area contributed by atoms with Crippen LogP contribution in [0.1, 0.15) is 6.42 Å². The summed E-state index contributed by atoms with van der Waals surface area (Å²) in [7, 11) is 0. The molecule has 4 nitrogen and oxygen atoms in total. The molecule has 1 aromatic rings. The van der Waals surface area contributed by atoms with Crippen molar-refractivity contribution in [2.45, 2.75) is 12.5 Å². The summed E-state index contributed by atoms with van der Waals surface area (Å²) in [4.78, 5) is 4.34. The second-order valence-corrected chi connectivity index (χ2v) is 4.70. The molecule has 0 amide bonds. The van der Waals surface area contributed by atoms with Crippen LogP contribution in [-0.2, 0) is 0 Å². The third kappa shape index (κ3) is 4.02. The van der Waals surface area contributed by atoms with Crippen molar-refractivity contribution in [3.05, 3.63) is 28.2 Å². The van der Waals surface area contributed by atoms with Crippen molar-refractivity contribution in [1.29, 1.82) is 0 Å². The Morgan fingerprint density at radius 2 is 2.22 bits per heavy atom. The largest absolute Gasteiger partial charge is 0.351 e. The highest BCUT2D eigenvalue weighted by atomic mass is 79.9. The quantitative estimate of drug-likeness (QED) is 0.782. The lowest BCUT2D eigenvalue weighted by Gasteiger charge is -2.12. The number of anilines is 1. The third-order valence-electron chi connectivity index (χ3n) is 2.51. The Kier molecular flexibility index (Phi) is 6.21. The van der Waals surface area contributed by atoms with Crippen molar-refractivity contribution < 1.29 is 0 Å². The summed E-state index contributed by atoms with van der Waals surface area (Å²) >= 11 is 11.9. The van der Waals surface area contributed by atoms with E-state index in [0.717, 1.165) is 24.6 Å². The van der Waals surface area contributed by atoms with Crippen LogP contribution in [0.4, 0.5) is 5.69 Å². The molecule has 0 aliphatic carbocycles. The Morgan fingerprint density at radius 1 is 1.44 bits per heavy atom. The second-order valence-electron chi connectivity index (χ2n) is 3.86. The van der Waals surface area contributed by atoms with Gasteiger partial charge < -0.3 is 16.4 Å². The van der Waals surface area contributed by atoms with Gasteiger partial charge in [-0.15, -0.1) is 17.0 Å². The van der Waals surface area contributed by atoms with E-state index in [-0.39, 0.29) is 17.0 Å². The molecule has 0 aromatic heterocycles. The fraction of sp³-hybridized carbons (Fsp3) is 0.364. The lowest BCUT2D eigenvalue weighted by molar-refractivity contribution is 0.609. The highest BCUT2D eigenvalue weighted by Gasteiger charge is 2.16. The van der Waals surface area contributed by atoms with E-state index >= 15 is 0 Å². The van der Waals surface area contributed by atoms with Gasteiger partial charge in [-0.05, 0) is 31.2 Å². The van der Waals surface area contributed by atoms with Crippen LogP contribution in [0.25, 0.3) is 0 Å². The summed E-state index contributed by atoms with van der Waals surface area (Å²) in [6.07, 6.45) is 0.906. The molecule has 0 radical (unpaired) electrons. The van der Waals surface area contributed by atoms with Gasteiger partial charge in [-0.2, -0.15) is 0 Å². The van der Waals surface area contributed by atoms with Gasteiger partial charge in [0.2, 0.25) is 0 Å². The van der Waals surface area contributed by atoms with Crippen LogP contribution in [0.15, 0.2) is 23.2 Å². The number of nitrogens with one attached hydrogen (secondary N) is 2. The molecule has 0 spiro atoms. The molecular weight excluding hydrogens is 339 g/mol. The van der Waals surface area contributed by atoms with Crippen molar-refractivity contribution in [3.63, 3.8) is 0 Å². The summed E-state index contributed by atoms with van der Waals surface area (Å²) in [5.41, 5.74) is 6.29. The number of hydrogen-bond acceptors (Lipinski definition) is 4. The molecule has 1 aromatic carbocycles. The molecule has 18 heavy (non-hydrogen) atoms. The van der Waals surface area contributed by atoms with Crippen molar-refractivity contribution in [3.8, 4) is 0 Å². The topological polar surface area (TPSA) is 62.4 Å². The Bertz CT molecular complexity index is 439. The van der Waals surface area contributed by atoms with E-state index in [1.54, 1.807) is 12.1 Å². The van der Waals surface area contributed by atoms with Crippen molar-refractivity contribution in [2.75, 3.05) is 18.4 Å². The Balaban J connectivity index is 0.00000162. The first-order valence-electron chi connectivity index (χ1n) is 5.42. The number of aliphatic imine (C=N–C) groups is 1. The predicted molar refractivity (Wildman–Crippen MR) is 83.3 cm³/mol. The van der Waals surface area contributed by atoms with Gasteiger partial charge in [0.15, 0.2) is 5.96 Å². The van der Waals surface area contributed by atoms with Gasteiger partial charge >= 0.3 is 0 Å². The lowest BCUT2D eigenvalue weighted by atomic mass is 10.2. The smallest absolute Gasteiger partial charge is 0.196 e. The lowest BCUT2D eigenvalue weighted by Crippen LogP contribution is -2.35. The van der Waals surface area contributed by atoms with Crippen LogP contribution >= 0.6 is 40.2 Å². The number of benzene rings is 1. The molecule has 0 unspecified atom stereocenters. The van der Waals surface area contributed by atoms with E-state index in [9.17, 15) is 0 Å². The Labute approximate surface area is 127 Å². The minimum atomic E-state index is 0. The molecule has 0 saturated carbocycles. The number of halogens is 3. The van der Waals surface area contributed by atoms with Gasteiger partial charge in [0.1, 0.15) is 0 Å². The number of guanidine groups is 1. The molecule has 100 valence electrons. The van der Waals surface area contributed by atoms with Crippen LogP contribution in [0.5, 0.6) is 0 Å². The standard InChI is InChI=1S/C11H14Cl2N4.BrH/c12-7-1-2-10(9(13)5-7)17-11-15-6-8(16-11)3-4-14;/h1-2,5,8H,3-4,6,14H2,(H2,15,16,17);1H/t8-;/m0./s1. The SMILES string of the molecule is Br.NCC[C@H]1CN=C(Nc2ccc(Cl)cc2Cl)N1. The Morgan fingerprint density at radius 3 is 2.89 bits per heavy atom. The summed E-state index contributed by atoms with van der Waals surface area (Å²) in [6, 6.07) is 5.61. The van der Waals surface area contributed by atoms with Crippen LogP contribution in [0.2, 0.25) is 10.0 Å². The summed E-state index contributed by atoms with van der Waals surface area (Å²) in [5.74, 6) is 0.729. The highest BCUT2D eigenvalue weighted by Crippen LogP contribution is 2.25. The molecule has 4 N–H and O–H groups in total. The molecule has 7 heteroatoms. The molecule has 0 fully saturated rings. The number of nitrogens with two attached hydrogens (primary N) is 1. The maximum absolute atomic E-state index is 6.06. The van der Waals surface area contributed by atoms with E-state index in [1.807, 2.05) is 6.07 Å². The normalized spacial score (nSPS) is 17.7. The first kappa shape index (κ1) is 15.6. The molecular formula is C11H15BrCl2N4. The molecule has 1 aliphatic rings. The fourth-order valence-corrected chi connectivity index (χ4v) is 2.10. The second kappa shape index (κ2) is 7.19. The molecule has 2 rings (SSSR count). The third-order valence-corrected chi connectivity index (χ3v) is 3.06. The summed E-state index contributed by atoms with van der Waals surface area (Å²) in [6.45, 7) is 1.40. The number of nitrogens with zero attached hydrogens (tertiary/aromatic N) is 1. The zero-order valence-electron chi connectivity index (χ0n) is 9.62. The van der Waals surface area contributed by atoms with Crippen molar-refractivity contribution >= 4 is 51.8 Å². The van der Waals surface area contributed by atoms with Crippen LogP contribution in [-0.4, -0.2) is 25.1 Å². The monoisotopic (exact) mass is 352 g/mol. The van der Waals surface area contributed by atoms with Crippen LogP contribution in [0.3, 0.4) is 0 Å². The zero-order chi connectivity index (χ0) is 12.3. The summed E-state index contributed by atoms with van der Waals surface area (Å²) < 4.78 is 0. The average molecular weight is 354 g/mol. The molecule has 1 aliphatic heterocycles. The van der Waals surface area contributed by atoms with Gasteiger partial charge in [0, 0.05) is 11.1 Å². The molecule has 0 bridgehead atoms. The van der Waals surface area contributed by atoms with E-state index < -0.39 is 0 Å². The zero-order valence-corrected chi connectivity index (χ0v) is 12.8. The number of rotatable bonds is 3. The van der Waals surface area contributed by atoms with Gasteiger partial charge in [0.05, 0.1) is 17.3 Å². The van der Waals surface area contributed by atoms with Crippen molar-refractivity contribution in [1.82, 2.24) is 5.32 Å². The molecule has 1 atom stereocenters. The first-order chi connectivity index (χ1) is 8.19. The summed E-state index contributed by atoms with van der Waals surface area (Å²) in [5, 5.41) is 7.57. The van der Waals surface area contributed by atoms with Gasteiger partial charge in [0.25, 0.3) is 0 Å². The molecule has 1 heterocycles. The van der Waals surface area contributed by atoms with E-state index in [2.05, 4.69) is 15.6 Å². The first-order valence-corrected chi connectivity index (χ1v) is 6.18. The van der Waals surface area contributed by atoms with Crippen LogP contribution in [0, 0.1) is 0 Å². The number of hydrogen-bond donors (Lipinski definition) is 3. The van der Waals surface area contributed by atoms with Gasteiger partial charge in [-0.3, -0.25) is 4.99 Å². The maximum Gasteiger partial charge on any atom is 0.196 e. The van der Waals surface area contributed by atoms with Crippen LogP contribution < -0.4 is 16.4 Å². The minimum absolute atomic E-state index is 0. The minimum Gasteiger partial charge on any atom is -0.351 e. The fourth-order valence-electron chi connectivity index (χ4n) is 1.64. The van der Waals surface area contributed by atoms with E-state index in [4.69, 9.17) is 28.9 Å². The van der Waals surface area contributed by atoms with Crippen molar-refractivity contribution in [2.24, 2.45) is 10.7 Å². The molecule has 0 saturated heterocycles. The highest BCUT2D eigenvalue weighted by molar-refractivity contribution is 8.93. The van der Waals surface area contributed by atoms with E-state index in [1.165, 1.54) is 0 Å². The predicted octanol–water partition coefficient (Wildman–Crippen LogP) is 2.66. The average Bonchev–Trinajstić information content (AvgIpc) is 2.71. The van der Waals surface area contributed by atoms with Gasteiger partial charge in [-0.1, -0.05) is 23.2 Å². The maximum atomic E-state index is 6.06.